The van der Waals surface area contributed by atoms with E-state index in [4.69, 9.17) is 10.6 Å². The summed E-state index contributed by atoms with van der Waals surface area (Å²) in [5, 5.41) is 0. The van der Waals surface area contributed by atoms with E-state index in [2.05, 4.69) is 17.4 Å². The minimum absolute atomic E-state index is 0.261. The molecule has 5 heteroatoms. The minimum atomic E-state index is -0.261. The molecule has 104 valence electrons. The predicted octanol–water partition coefficient (Wildman–Crippen LogP) is 0.901. The van der Waals surface area contributed by atoms with Crippen molar-refractivity contribution in [2.75, 3.05) is 20.2 Å². The summed E-state index contributed by atoms with van der Waals surface area (Å²) in [4.78, 5) is 13.7. The van der Waals surface area contributed by atoms with Crippen LogP contribution in [0.5, 0.6) is 0 Å². The van der Waals surface area contributed by atoms with Crippen molar-refractivity contribution < 1.29 is 9.53 Å². The zero-order chi connectivity index (χ0) is 13.7. The second-order valence-electron chi connectivity index (χ2n) is 5.01. The Bertz CT molecular complexity index is 430. The normalized spacial score (nSPS) is 18.8. The molecule has 2 rings (SSSR count). The van der Waals surface area contributed by atoms with Gasteiger partial charge in [-0.25, -0.2) is 5.84 Å². The van der Waals surface area contributed by atoms with E-state index in [1.807, 2.05) is 18.2 Å². The smallest absolute Gasteiger partial charge is 0.265 e. The van der Waals surface area contributed by atoms with E-state index in [0.29, 0.717) is 11.7 Å². The Labute approximate surface area is 113 Å². The van der Waals surface area contributed by atoms with Crippen molar-refractivity contribution >= 4 is 5.91 Å². The van der Waals surface area contributed by atoms with Crippen LogP contribution in [0.15, 0.2) is 24.3 Å². The molecule has 1 aromatic rings. The maximum Gasteiger partial charge on any atom is 0.265 e. The summed E-state index contributed by atoms with van der Waals surface area (Å²) >= 11 is 0. The predicted molar refractivity (Wildman–Crippen MR) is 73.4 cm³/mol. The van der Waals surface area contributed by atoms with Crippen molar-refractivity contribution in [2.24, 2.45) is 5.84 Å². The molecule has 1 fully saturated rings. The molecule has 0 spiro atoms. The Kier molecular flexibility index (Phi) is 4.90. The highest BCUT2D eigenvalue weighted by Gasteiger charge is 2.17. The van der Waals surface area contributed by atoms with Gasteiger partial charge in [0.2, 0.25) is 0 Å². The van der Waals surface area contributed by atoms with Crippen LogP contribution in [0.4, 0.5) is 0 Å². The molecule has 5 nitrogen and oxygen atoms in total. The lowest BCUT2D eigenvalue weighted by molar-refractivity contribution is 0.0792. The van der Waals surface area contributed by atoms with Crippen LogP contribution in [-0.4, -0.2) is 37.1 Å². The van der Waals surface area contributed by atoms with Gasteiger partial charge in [-0.2, -0.15) is 0 Å². The molecule has 0 aromatic heterocycles. The summed E-state index contributed by atoms with van der Waals surface area (Å²) in [6.45, 7) is 2.60. The second-order valence-corrected chi connectivity index (χ2v) is 5.01. The molecular formula is C14H21N3O2. The fourth-order valence-electron chi connectivity index (χ4n) is 2.41. The lowest BCUT2D eigenvalue weighted by Crippen LogP contribution is -2.30. The molecule has 19 heavy (non-hydrogen) atoms. The van der Waals surface area contributed by atoms with Gasteiger partial charge in [0, 0.05) is 25.3 Å². The van der Waals surface area contributed by atoms with Crippen molar-refractivity contribution in [1.29, 1.82) is 0 Å². The number of amides is 1. The van der Waals surface area contributed by atoms with Gasteiger partial charge in [0.15, 0.2) is 0 Å². The molecule has 1 aliphatic rings. The van der Waals surface area contributed by atoms with E-state index in [0.717, 1.165) is 38.1 Å². The number of nitrogen functional groups attached to an aromatic ring is 1. The number of nitrogens with zero attached hydrogens (tertiary/aromatic N) is 1. The first-order valence-corrected chi connectivity index (χ1v) is 6.59. The highest BCUT2D eigenvalue weighted by molar-refractivity contribution is 5.93. The maximum absolute atomic E-state index is 11.5. The number of hydrogen-bond acceptors (Lipinski definition) is 4. The number of nitrogens with two attached hydrogens (primary N) is 1. The number of hydrazine groups is 1. The van der Waals surface area contributed by atoms with E-state index >= 15 is 0 Å². The minimum Gasteiger partial charge on any atom is -0.377 e. The molecule has 3 N–H and O–H groups in total. The number of likely N-dealkylation sites (N-methyl/N-ethyl adjacent to an activating group) is 1. The quantitative estimate of drug-likeness (QED) is 0.470. The average Bonchev–Trinajstić information content (AvgIpc) is 2.90. The van der Waals surface area contributed by atoms with Crippen molar-refractivity contribution in [3.8, 4) is 0 Å². The fourth-order valence-corrected chi connectivity index (χ4v) is 2.41. The SMILES string of the molecule is CN(Cc1cccc(C(=O)NN)c1)CC1CCCO1. The van der Waals surface area contributed by atoms with Gasteiger partial charge in [-0.05, 0) is 37.6 Å². The van der Waals surface area contributed by atoms with Gasteiger partial charge in [0.25, 0.3) is 5.91 Å². The zero-order valence-electron chi connectivity index (χ0n) is 11.3. The maximum atomic E-state index is 11.5. The molecule has 1 aliphatic heterocycles. The number of carbonyl (C=O) groups is 1. The van der Waals surface area contributed by atoms with Crippen molar-refractivity contribution in [2.45, 2.75) is 25.5 Å². The van der Waals surface area contributed by atoms with Gasteiger partial charge >= 0.3 is 0 Å². The van der Waals surface area contributed by atoms with Gasteiger partial charge < -0.3 is 4.74 Å². The third-order valence-corrected chi connectivity index (χ3v) is 3.31. The molecule has 1 aromatic carbocycles. The highest BCUT2D eigenvalue weighted by Crippen LogP contribution is 2.14. The third kappa shape index (κ3) is 4.02. The van der Waals surface area contributed by atoms with Gasteiger partial charge in [-0.15, -0.1) is 0 Å². The lowest BCUT2D eigenvalue weighted by Gasteiger charge is -2.20. The summed E-state index contributed by atoms with van der Waals surface area (Å²) in [5.41, 5.74) is 3.84. The monoisotopic (exact) mass is 263 g/mol. The molecule has 0 bridgehead atoms. The topological polar surface area (TPSA) is 67.6 Å². The summed E-state index contributed by atoms with van der Waals surface area (Å²) in [6.07, 6.45) is 2.64. The highest BCUT2D eigenvalue weighted by atomic mass is 16.5. The van der Waals surface area contributed by atoms with Crippen molar-refractivity contribution in [3.05, 3.63) is 35.4 Å². The van der Waals surface area contributed by atoms with Crippen molar-refractivity contribution in [1.82, 2.24) is 10.3 Å². The Morgan fingerprint density at radius 2 is 2.42 bits per heavy atom. The number of ether oxygens (including phenoxy) is 1. The average molecular weight is 263 g/mol. The molecule has 1 unspecified atom stereocenters. The molecule has 0 aliphatic carbocycles. The van der Waals surface area contributed by atoms with Gasteiger partial charge in [-0.1, -0.05) is 12.1 Å². The second kappa shape index (κ2) is 6.65. The molecule has 0 radical (unpaired) electrons. The summed E-state index contributed by atoms with van der Waals surface area (Å²) < 4.78 is 5.62. The Balaban J connectivity index is 1.92. The number of hydrogen-bond donors (Lipinski definition) is 2. The standard InChI is InChI=1S/C14H21N3O2/c1-17(10-13-6-3-7-19-13)9-11-4-2-5-12(8-11)14(18)16-15/h2,4-5,8,13H,3,6-7,9-10,15H2,1H3,(H,16,18). The molecule has 1 atom stereocenters. The first kappa shape index (κ1) is 14.0. The van der Waals surface area contributed by atoms with E-state index < -0.39 is 0 Å². The first-order chi connectivity index (χ1) is 9.19. The fraction of sp³-hybridized carbons (Fsp3) is 0.500. The molecule has 1 heterocycles. The number of nitrogens with one attached hydrogen (secondary N) is 1. The van der Waals surface area contributed by atoms with Crippen LogP contribution in [-0.2, 0) is 11.3 Å². The van der Waals surface area contributed by atoms with E-state index in [9.17, 15) is 4.79 Å². The van der Waals surface area contributed by atoms with E-state index in [1.165, 1.54) is 0 Å². The first-order valence-electron chi connectivity index (χ1n) is 6.59. The van der Waals surface area contributed by atoms with Crippen LogP contribution in [0.3, 0.4) is 0 Å². The number of carbonyl (C=O) groups excluding carboxylic acids is 1. The number of rotatable bonds is 5. The molecule has 1 amide bonds. The van der Waals surface area contributed by atoms with Crippen molar-refractivity contribution in [3.63, 3.8) is 0 Å². The summed E-state index contributed by atoms with van der Waals surface area (Å²) in [7, 11) is 2.07. The van der Waals surface area contributed by atoms with Gasteiger partial charge in [0.1, 0.15) is 0 Å². The zero-order valence-corrected chi connectivity index (χ0v) is 11.3. The van der Waals surface area contributed by atoms with E-state index in [-0.39, 0.29) is 5.91 Å². The Morgan fingerprint density at radius 1 is 1.58 bits per heavy atom. The van der Waals surface area contributed by atoms with Crippen LogP contribution in [0.1, 0.15) is 28.8 Å². The van der Waals surface area contributed by atoms with Crippen LogP contribution >= 0.6 is 0 Å². The van der Waals surface area contributed by atoms with Gasteiger partial charge in [-0.3, -0.25) is 15.1 Å². The third-order valence-electron chi connectivity index (χ3n) is 3.31. The summed E-state index contributed by atoms with van der Waals surface area (Å²) in [6, 6.07) is 7.51. The lowest BCUT2D eigenvalue weighted by atomic mass is 10.1. The number of benzene rings is 1. The summed E-state index contributed by atoms with van der Waals surface area (Å²) in [5.74, 6) is 4.88. The molecule has 0 saturated carbocycles. The molecular weight excluding hydrogens is 242 g/mol. The van der Waals surface area contributed by atoms with E-state index in [1.54, 1.807) is 6.07 Å². The Hall–Kier alpha value is -1.43. The molecule has 1 saturated heterocycles. The Morgan fingerprint density at radius 3 is 3.11 bits per heavy atom. The largest absolute Gasteiger partial charge is 0.377 e. The van der Waals surface area contributed by atoms with Crippen LogP contribution in [0.25, 0.3) is 0 Å². The van der Waals surface area contributed by atoms with Crippen LogP contribution in [0.2, 0.25) is 0 Å². The van der Waals surface area contributed by atoms with Gasteiger partial charge in [0.05, 0.1) is 6.10 Å². The van der Waals surface area contributed by atoms with Crippen LogP contribution < -0.4 is 11.3 Å². The van der Waals surface area contributed by atoms with Crippen LogP contribution in [0, 0.1) is 0 Å².